The van der Waals surface area contributed by atoms with Crippen LogP contribution < -0.4 is 0 Å². The minimum Gasteiger partial charge on any atom is -0.444 e. The van der Waals surface area contributed by atoms with Crippen LogP contribution in [0.25, 0.3) is 0 Å². The molecule has 1 heterocycles. The highest BCUT2D eigenvalue weighted by molar-refractivity contribution is 5.69. The summed E-state index contributed by atoms with van der Waals surface area (Å²) in [7, 11) is 0. The van der Waals surface area contributed by atoms with E-state index in [9.17, 15) is 4.79 Å². The number of allylic oxidation sites excluding steroid dienone is 1. The van der Waals surface area contributed by atoms with Crippen LogP contribution in [0, 0.1) is 5.92 Å². The van der Waals surface area contributed by atoms with Crippen molar-refractivity contribution >= 4 is 6.09 Å². The first-order valence-corrected chi connectivity index (χ1v) is 7.53. The third-order valence-corrected chi connectivity index (χ3v) is 3.81. The number of likely N-dealkylation sites (tertiary alicyclic amines) is 1. The summed E-state index contributed by atoms with van der Waals surface area (Å²) in [5, 5.41) is 0. The predicted octanol–water partition coefficient (Wildman–Crippen LogP) is 4.54. The summed E-state index contributed by atoms with van der Waals surface area (Å²) < 4.78 is 5.58. The van der Waals surface area contributed by atoms with Crippen LogP contribution in [0.15, 0.2) is 25.3 Å². The van der Waals surface area contributed by atoms with Gasteiger partial charge in [-0.05, 0) is 59.3 Å². The molecule has 0 unspecified atom stereocenters. The van der Waals surface area contributed by atoms with E-state index in [1.54, 1.807) is 0 Å². The van der Waals surface area contributed by atoms with Crippen molar-refractivity contribution in [1.82, 2.24) is 4.90 Å². The molecule has 0 bridgehead atoms. The van der Waals surface area contributed by atoms with Gasteiger partial charge in [-0.2, -0.15) is 0 Å². The van der Waals surface area contributed by atoms with E-state index in [-0.39, 0.29) is 18.2 Å². The Hall–Kier alpha value is -1.25. The molecule has 3 nitrogen and oxygen atoms in total. The molecule has 1 saturated heterocycles. The van der Waals surface area contributed by atoms with Gasteiger partial charge in [-0.1, -0.05) is 12.2 Å². The molecule has 1 rings (SSSR count). The van der Waals surface area contributed by atoms with Gasteiger partial charge in [-0.3, -0.25) is 0 Å². The average Bonchev–Trinajstić information content (AvgIpc) is 2.31. The van der Waals surface area contributed by atoms with Gasteiger partial charge >= 0.3 is 6.09 Å². The highest BCUT2D eigenvalue weighted by Gasteiger charge is 2.38. The minimum absolute atomic E-state index is 0.170. The number of nitrogens with zero attached hydrogens (tertiary/aromatic N) is 1. The quantitative estimate of drug-likeness (QED) is 0.707. The first-order chi connectivity index (χ1) is 9.30. The molecule has 0 aliphatic carbocycles. The van der Waals surface area contributed by atoms with E-state index in [1.807, 2.05) is 37.8 Å². The maximum absolute atomic E-state index is 12.5. The Labute approximate surface area is 123 Å². The molecule has 1 aliphatic heterocycles. The minimum atomic E-state index is -0.457. The lowest BCUT2D eigenvalue weighted by molar-refractivity contribution is -0.0143. The maximum Gasteiger partial charge on any atom is 0.410 e. The maximum atomic E-state index is 12.5. The van der Waals surface area contributed by atoms with Crippen LogP contribution >= 0.6 is 0 Å². The Morgan fingerprint density at radius 2 is 1.85 bits per heavy atom. The van der Waals surface area contributed by atoms with Crippen molar-refractivity contribution in [2.45, 2.75) is 71.1 Å². The molecule has 0 aromatic carbocycles. The molecule has 0 N–H and O–H groups in total. The lowest BCUT2D eigenvalue weighted by atomic mass is 9.82. The molecule has 0 aromatic rings. The van der Waals surface area contributed by atoms with Crippen molar-refractivity contribution in [1.29, 1.82) is 0 Å². The molecule has 0 aromatic heterocycles. The van der Waals surface area contributed by atoms with Gasteiger partial charge in [0, 0.05) is 12.1 Å². The van der Waals surface area contributed by atoms with E-state index < -0.39 is 5.60 Å². The van der Waals surface area contributed by atoms with E-state index in [2.05, 4.69) is 20.1 Å². The lowest BCUT2D eigenvalue weighted by Gasteiger charge is -2.45. The Balaban J connectivity index is 2.93. The van der Waals surface area contributed by atoms with Crippen molar-refractivity contribution in [3.8, 4) is 0 Å². The van der Waals surface area contributed by atoms with Crippen molar-refractivity contribution in [2.24, 2.45) is 5.92 Å². The molecule has 0 spiro atoms. The number of carbonyl (C=O) groups is 1. The van der Waals surface area contributed by atoms with Crippen LogP contribution in [-0.2, 0) is 4.74 Å². The molecule has 0 radical (unpaired) electrons. The van der Waals surface area contributed by atoms with Gasteiger partial charge in [-0.25, -0.2) is 4.79 Å². The summed E-state index contributed by atoms with van der Waals surface area (Å²) in [5.74, 6) is 0.453. The van der Waals surface area contributed by atoms with E-state index in [0.29, 0.717) is 5.92 Å². The lowest BCUT2D eigenvalue weighted by Crippen LogP contribution is -2.53. The zero-order valence-corrected chi connectivity index (χ0v) is 13.4. The van der Waals surface area contributed by atoms with Crippen LogP contribution in [0.5, 0.6) is 0 Å². The largest absolute Gasteiger partial charge is 0.444 e. The second kappa shape index (κ2) is 6.96. The Kier molecular flexibility index (Phi) is 5.85. The molecule has 3 heteroatoms. The summed E-state index contributed by atoms with van der Waals surface area (Å²) in [6, 6.07) is 0.389. The fraction of sp³-hybridized carbons (Fsp3) is 0.706. The van der Waals surface area contributed by atoms with Gasteiger partial charge in [0.2, 0.25) is 0 Å². The van der Waals surface area contributed by atoms with Crippen molar-refractivity contribution in [2.75, 3.05) is 0 Å². The smallest absolute Gasteiger partial charge is 0.410 e. The summed E-state index contributed by atoms with van der Waals surface area (Å²) in [4.78, 5) is 14.4. The fourth-order valence-electron chi connectivity index (χ4n) is 2.94. The number of piperidine rings is 1. The Morgan fingerprint density at radius 1 is 1.25 bits per heavy atom. The zero-order valence-electron chi connectivity index (χ0n) is 13.4. The fourth-order valence-corrected chi connectivity index (χ4v) is 2.94. The van der Waals surface area contributed by atoms with Crippen molar-refractivity contribution < 1.29 is 9.53 Å². The standard InChI is InChI=1S/C17H29NO2/c1-7-9-14-12-11-13(3)18(15(14)10-8-2)16(19)20-17(4,5)6/h7-8,13-15H,1-2,9-12H2,3-6H3/t13-,14-,15-/m1/s1. The zero-order chi connectivity index (χ0) is 15.3. The third-order valence-electron chi connectivity index (χ3n) is 3.81. The van der Waals surface area contributed by atoms with E-state index in [0.717, 1.165) is 25.7 Å². The van der Waals surface area contributed by atoms with Gasteiger partial charge in [0.15, 0.2) is 0 Å². The first-order valence-electron chi connectivity index (χ1n) is 7.53. The molecule has 0 saturated carbocycles. The van der Waals surface area contributed by atoms with Crippen LogP contribution in [0.3, 0.4) is 0 Å². The molecule has 1 fully saturated rings. The van der Waals surface area contributed by atoms with Crippen LogP contribution in [-0.4, -0.2) is 28.7 Å². The summed E-state index contributed by atoms with van der Waals surface area (Å²) in [6.45, 7) is 15.5. The highest BCUT2D eigenvalue weighted by Crippen LogP contribution is 2.33. The number of ether oxygens (including phenoxy) is 1. The second-order valence-corrected chi connectivity index (χ2v) is 6.69. The molecular formula is C17H29NO2. The highest BCUT2D eigenvalue weighted by atomic mass is 16.6. The van der Waals surface area contributed by atoms with E-state index in [1.165, 1.54) is 0 Å². The van der Waals surface area contributed by atoms with Gasteiger partial charge in [0.1, 0.15) is 5.60 Å². The monoisotopic (exact) mass is 279 g/mol. The number of carbonyl (C=O) groups excluding carboxylic acids is 1. The SMILES string of the molecule is C=CC[C@@H]1CC[C@@H](C)N(C(=O)OC(C)(C)C)[C@@H]1CC=C. The Morgan fingerprint density at radius 3 is 2.35 bits per heavy atom. The number of amides is 1. The second-order valence-electron chi connectivity index (χ2n) is 6.69. The number of hydrogen-bond donors (Lipinski definition) is 0. The number of hydrogen-bond acceptors (Lipinski definition) is 2. The van der Waals surface area contributed by atoms with E-state index in [4.69, 9.17) is 4.74 Å². The average molecular weight is 279 g/mol. The molecule has 3 atom stereocenters. The molecule has 1 aliphatic rings. The molecule has 1 amide bonds. The van der Waals surface area contributed by atoms with E-state index >= 15 is 0 Å². The summed E-state index contributed by atoms with van der Waals surface area (Å²) in [5.41, 5.74) is -0.457. The van der Waals surface area contributed by atoms with Gasteiger partial charge < -0.3 is 9.64 Å². The first kappa shape index (κ1) is 16.8. The predicted molar refractivity (Wildman–Crippen MR) is 83.7 cm³/mol. The van der Waals surface area contributed by atoms with Gasteiger partial charge in [0.05, 0.1) is 0 Å². The van der Waals surface area contributed by atoms with Crippen molar-refractivity contribution in [3.05, 3.63) is 25.3 Å². The third kappa shape index (κ3) is 4.39. The molecular weight excluding hydrogens is 250 g/mol. The topological polar surface area (TPSA) is 29.5 Å². The Bertz CT molecular complexity index is 356. The van der Waals surface area contributed by atoms with Crippen LogP contribution in [0.2, 0.25) is 0 Å². The normalized spacial score (nSPS) is 27.0. The van der Waals surface area contributed by atoms with Crippen LogP contribution in [0.1, 0.15) is 53.4 Å². The molecule has 114 valence electrons. The summed E-state index contributed by atoms with van der Waals surface area (Å²) in [6.07, 6.45) is 7.54. The summed E-state index contributed by atoms with van der Waals surface area (Å²) >= 11 is 0. The molecule has 20 heavy (non-hydrogen) atoms. The van der Waals surface area contributed by atoms with Crippen molar-refractivity contribution in [3.63, 3.8) is 0 Å². The number of rotatable bonds is 4. The van der Waals surface area contributed by atoms with Gasteiger partial charge in [-0.15, -0.1) is 13.2 Å². The van der Waals surface area contributed by atoms with Crippen LogP contribution in [0.4, 0.5) is 4.79 Å². The van der Waals surface area contributed by atoms with Gasteiger partial charge in [0.25, 0.3) is 0 Å².